The maximum absolute atomic E-state index is 13.3. The van der Waals surface area contributed by atoms with Gasteiger partial charge >= 0.3 is 10.8 Å². The summed E-state index contributed by atoms with van der Waals surface area (Å²) in [6.07, 6.45) is 0.799. The highest BCUT2D eigenvalue weighted by Crippen LogP contribution is 2.68. The van der Waals surface area contributed by atoms with Gasteiger partial charge in [0.2, 0.25) is 11.8 Å². The third kappa shape index (κ3) is 2.47. The molecule has 2 amide bonds. The average molecular weight is 457 g/mol. The number of carbonyl (C=O) groups excluding carboxylic acids is 2. The summed E-state index contributed by atoms with van der Waals surface area (Å²) in [6, 6.07) is 8.91. The molecule has 0 spiro atoms. The number of likely N-dealkylation sites (tertiary alicyclic amines) is 1. The second-order valence-electron chi connectivity index (χ2n) is 8.93. The van der Waals surface area contributed by atoms with Crippen LogP contribution in [0.4, 0.5) is 0 Å². The molecule has 2 aromatic rings. The molecule has 1 aromatic carbocycles. The number of thioether (sulfide) groups is 1. The van der Waals surface area contributed by atoms with Crippen LogP contribution in [0.5, 0.6) is 0 Å². The number of carboxylic acids is 1. The fraction of sp³-hybridized carbons (Fsp3) is 0.455. The molecule has 8 atom stereocenters. The summed E-state index contributed by atoms with van der Waals surface area (Å²) in [5.74, 6) is -2.59. The smallest absolute Gasteiger partial charge is 0.326 e. The number of amides is 2. The standard InChI is InChI=1S/C22H20N2O5S2/c1-8(21(27)28)24-19(25)14-10-7-11(15(14)20(24)26)16-13(10)12(9-5-3-2-4-6-9)17-18(30-16)23-22(29)31-17/h2-6,8,10-16H,7H2,1H3,(H,23,29)(H,27,28)/t8-,10+,11+,12+,13+,14+,15-,16+/m0/s1. The number of rotatable bonds is 3. The molecule has 2 bridgehead atoms. The predicted molar refractivity (Wildman–Crippen MR) is 114 cm³/mol. The number of nitrogens with one attached hydrogen (secondary N) is 1. The Kier molecular flexibility index (Phi) is 4.08. The summed E-state index contributed by atoms with van der Waals surface area (Å²) < 4.78 is 0. The van der Waals surface area contributed by atoms with E-state index in [1.165, 1.54) is 18.3 Å². The highest BCUT2D eigenvalue weighted by molar-refractivity contribution is 8.00. The summed E-state index contributed by atoms with van der Waals surface area (Å²) in [5.41, 5.74) is 1.12. The largest absolute Gasteiger partial charge is 0.480 e. The number of imide groups is 1. The van der Waals surface area contributed by atoms with E-state index in [-0.39, 0.29) is 45.6 Å². The van der Waals surface area contributed by atoms with Gasteiger partial charge in [0.25, 0.3) is 0 Å². The van der Waals surface area contributed by atoms with E-state index >= 15 is 0 Å². The molecule has 0 radical (unpaired) electrons. The first-order chi connectivity index (χ1) is 14.9. The van der Waals surface area contributed by atoms with Gasteiger partial charge in [-0.3, -0.25) is 19.3 Å². The number of H-pyrrole nitrogens is 1. The maximum atomic E-state index is 13.3. The van der Waals surface area contributed by atoms with Crippen molar-refractivity contribution >= 4 is 40.9 Å². The van der Waals surface area contributed by atoms with Gasteiger partial charge in [-0.15, -0.1) is 11.8 Å². The monoisotopic (exact) mass is 456 g/mol. The molecule has 2 aliphatic heterocycles. The molecule has 7 nitrogen and oxygen atoms in total. The Morgan fingerprint density at radius 3 is 2.48 bits per heavy atom. The maximum Gasteiger partial charge on any atom is 0.326 e. The topological polar surface area (TPSA) is 108 Å². The van der Waals surface area contributed by atoms with E-state index in [1.54, 1.807) is 11.8 Å². The van der Waals surface area contributed by atoms with E-state index in [1.807, 2.05) is 18.2 Å². The lowest BCUT2D eigenvalue weighted by Gasteiger charge is -2.43. The van der Waals surface area contributed by atoms with Gasteiger partial charge in [0.15, 0.2) is 0 Å². The van der Waals surface area contributed by atoms with E-state index in [0.29, 0.717) is 0 Å². The Morgan fingerprint density at radius 1 is 1.13 bits per heavy atom. The van der Waals surface area contributed by atoms with Gasteiger partial charge in [0, 0.05) is 16.0 Å². The van der Waals surface area contributed by atoms with E-state index in [0.717, 1.165) is 26.8 Å². The zero-order chi connectivity index (χ0) is 21.6. The quantitative estimate of drug-likeness (QED) is 0.687. The van der Waals surface area contributed by atoms with Gasteiger partial charge in [-0.1, -0.05) is 41.7 Å². The number of thiazole rings is 1. The minimum absolute atomic E-state index is 0.00352. The van der Waals surface area contributed by atoms with Crippen LogP contribution in [0.15, 0.2) is 40.2 Å². The lowest BCUT2D eigenvalue weighted by molar-refractivity contribution is -0.154. The minimum atomic E-state index is -1.16. The molecule has 2 aliphatic carbocycles. The highest BCUT2D eigenvalue weighted by atomic mass is 32.2. The zero-order valence-electron chi connectivity index (χ0n) is 16.6. The lowest BCUT2D eigenvalue weighted by Crippen LogP contribution is -2.44. The first-order valence-electron chi connectivity index (χ1n) is 10.4. The number of hydrogen-bond acceptors (Lipinski definition) is 6. The van der Waals surface area contributed by atoms with Crippen molar-refractivity contribution in [2.45, 2.75) is 35.6 Å². The molecular formula is C22H20N2O5S2. The second-order valence-corrected chi connectivity index (χ2v) is 11.1. The number of hydrogen-bond donors (Lipinski definition) is 2. The summed E-state index contributed by atoms with van der Waals surface area (Å²) in [7, 11) is 0. The van der Waals surface area contributed by atoms with E-state index in [4.69, 9.17) is 0 Å². The van der Waals surface area contributed by atoms with Gasteiger partial charge in [-0.25, -0.2) is 4.79 Å². The number of nitrogens with zero attached hydrogens (tertiary/aromatic N) is 1. The van der Waals surface area contributed by atoms with Crippen LogP contribution in [0.2, 0.25) is 0 Å². The van der Waals surface area contributed by atoms with E-state index in [2.05, 4.69) is 17.1 Å². The number of aromatic amines is 1. The van der Waals surface area contributed by atoms with Gasteiger partial charge in [0.05, 0.1) is 16.9 Å². The van der Waals surface area contributed by atoms with Crippen molar-refractivity contribution in [3.63, 3.8) is 0 Å². The fourth-order valence-corrected chi connectivity index (χ4v) is 9.45. The SMILES string of the molecule is C[C@@H](C(=O)O)N1C(=O)[C@@H]2[C@@H]3C[C@@H]([C@H]4Sc5[nH]c(=O)sc5[C@H](c5ccccc5)[C@@H]34)[C@@H]2C1=O. The van der Waals surface area contributed by atoms with Crippen LogP contribution in [0.3, 0.4) is 0 Å². The third-order valence-electron chi connectivity index (χ3n) is 7.66. The van der Waals surface area contributed by atoms with Crippen molar-refractivity contribution in [2.75, 3.05) is 0 Å². The van der Waals surface area contributed by atoms with Crippen LogP contribution >= 0.6 is 23.1 Å². The summed E-state index contributed by atoms with van der Waals surface area (Å²) in [5, 5.41) is 10.4. The number of fused-ring (bicyclic) bond motifs is 9. The molecule has 0 unspecified atom stereocenters. The molecule has 3 heterocycles. The van der Waals surface area contributed by atoms with Crippen molar-refractivity contribution in [2.24, 2.45) is 29.6 Å². The second kappa shape index (κ2) is 6.56. The minimum Gasteiger partial charge on any atom is -0.480 e. The van der Waals surface area contributed by atoms with Crippen molar-refractivity contribution in [1.82, 2.24) is 9.88 Å². The lowest BCUT2D eigenvalue weighted by atomic mass is 9.68. The van der Waals surface area contributed by atoms with Crippen LogP contribution in [0.25, 0.3) is 0 Å². The molecule has 3 fully saturated rings. The summed E-state index contributed by atoms with van der Waals surface area (Å²) in [4.78, 5) is 55.1. The van der Waals surface area contributed by atoms with Gasteiger partial charge < -0.3 is 10.1 Å². The molecular weight excluding hydrogens is 436 g/mol. The Bertz CT molecular complexity index is 1170. The van der Waals surface area contributed by atoms with Crippen LogP contribution < -0.4 is 4.87 Å². The van der Waals surface area contributed by atoms with Crippen molar-refractivity contribution < 1.29 is 19.5 Å². The molecule has 2 saturated carbocycles. The average Bonchev–Trinajstić information content (AvgIpc) is 3.47. The van der Waals surface area contributed by atoms with Gasteiger partial charge in [-0.05, 0) is 36.7 Å². The number of carbonyl (C=O) groups is 3. The van der Waals surface area contributed by atoms with Gasteiger partial charge in [0.1, 0.15) is 6.04 Å². The van der Waals surface area contributed by atoms with Crippen molar-refractivity contribution in [3.05, 3.63) is 50.4 Å². The third-order valence-corrected chi connectivity index (χ3v) is 10.2. The Labute approximate surface area is 185 Å². The number of aromatic nitrogens is 1. The Balaban J connectivity index is 1.46. The number of carboxylic acid groups (broad SMARTS) is 1. The van der Waals surface area contributed by atoms with Crippen LogP contribution in [0.1, 0.15) is 29.7 Å². The molecule has 31 heavy (non-hydrogen) atoms. The molecule has 4 aliphatic rings. The zero-order valence-corrected chi connectivity index (χ0v) is 18.2. The van der Waals surface area contributed by atoms with Gasteiger partial charge in [-0.2, -0.15) is 0 Å². The van der Waals surface area contributed by atoms with Crippen LogP contribution in [0, 0.1) is 29.6 Å². The number of aliphatic carboxylic acids is 1. The van der Waals surface area contributed by atoms with Crippen LogP contribution in [-0.4, -0.2) is 44.1 Å². The van der Waals surface area contributed by atoms with E-state index in [9.17, 15) is 24.3 Å². The van der Waals surface area contributed by atoms with E-state index < -0.39 is 23.8 Å². The highest BCUT2D eigenvalue weighted by Gasteiger charge is 2.70. The predicted octanol–water partition coefficient (Wildman–Crippen LogP) is 2.38. The molecule has 1 aromatic heterocycles. The molecule has 160 valence electrons. The van der Waals surface area contributed by atoms with Crippen molar-refractivity contribution in [3.8, 4) is 0 Å². The molecule has 1 saturated heterocycles. The summed E-state index contributed by atoms with van der Waals surface area (Å²) >= 11 is 2.87. The fourth-order valence-electron chi connectivity index (χ4n) is 6.57. The first-order valence-corrected chi connectivity index (χ1v) is 12.1. The number of benzene rings is 1. The molecule has 9 heteroatoms. The van der Waals surface area contributed by atoms with Crippen LogP contribution in [-0.2, 0) is 14.4 Å². The first kappa shape index (κ1) is 19.3. The molecule has 6 rings (SSSR count). The Morgan fingerprint density at radius 2 is 1.81 bits per heavy atom. The Hall–Kier alpha value is -2.39. The molecule has 2 N–H and O–H groups in total. The normalized spacial score (nSPS) is 36.3. The van der Waals surface area contributed by atoms with Crippen molar-refractivity contribution in [1.29, 1.82) is 0 Å². The summed E-state index contributed by atoms with van der Waals surface area (Å²) in [6.45, 7) is 1.40.